The van der Waals surface area contributed by atoms with Gasteiger partial charge in [-0.15, -0.1) is 0 Å². The summed E-state index contributed by atoms with van der Waals surface area (Å²) in [6.45, 7) is 10.8. The molecule has 0 N–H and O–H groups in total. The summed E-state index contributed by atoms with van der Waals surface area (Å²) < 4.78 is 0. The largest absolute Gasteiger partial charge is 0.0843 e. The van der Waals surface area contributed by atoms with Crippen molar-refractivity contribution in [2.45, 2.75) is 39.4 Å². The van der Waals surface area contributed by atoms with Gasteiger partial charge in [0.15, 0.2) is 0 Å². The van der Waals surface area contributed by atoms with E-state index >= 15 is 0 Å². The molecule has 0 saturated carbocycles. The van der Waals surface area contributed by atoms with Gasteiger partial charge in [-0.1, -0.05) is 39.7 Å². The fraction of sp³-hybridized carbons (Fsp3) is 0.333. The fourth-order valence-electron chi connectivity index (χ4n) is 2.71. The van der Waals surface area contributed by atoms with Crippen molar-refractivity contribution in [3.8, 4) is 0 Å². The van der Waals surface area contributed by atoms with Crippen molar-refractivity contribution < 1.29 is 0 Å². The molecular weight excluding hydrogens is 332 g/mol. The lowest BCUT2D eigenvalue weighted by Gasteiger charge is -2.21. The minimum atomic E-state index is 0.179. The number of hydrogen-bond acceptors (Lipinski definition) is 0. The molecule has 0 aliphatic carbocycles. The van der Waals surface area contributed by atoms with Crippen molar-refractivity contribution >= 4 is 27.5 Å². The molecule has 2 rings (SSSR count). The predicted molar refractivity (Wildman–Crippen MR) is 92.3 cm³/mol. The van der Waals surface area contributed by atoms with Crippen molar-refractivity contribution in [1.82, 2.24) is 0 Å². The standard InChI is InChI=1S/C18H20BrCl/c1-10-6-15(9-16(20)7-10)18(19)17-13(4)11(2)8-12(3)14(17)5/h6-9,18H,1-5H3. The first kappa shape index (κ1) is 15.6. The first-order valence-electron chi connectivity index (χ1n) is 6.79. The van der Waals surface area contributed by atoms with Crippen LogP contribution < -0.4 is 0 Å². The molecule has 0 aliphatic rings. The van der Waals surface area contributed by atoms with Gasteiger partial charge in [-0.05, 0) is 85.7 Å². The van der Waals surface area contributed by atoms with Crippen LogP contribution in [0.1, 0.15) is 43.8 Å². The summed E-state index contributed by atoms with van der Waals surface area (Å²) in [5.41, 5.74) is 9.16. The van der Waals surface area contributed by atoms with E-state index in [0.29, 0.717) is 0 Å². The maximum absolute atomic E-state index is 6.20. The predicted octanol–water partition coefficient (Wildman–Crippen LogP) is 6.37. The Balaban J connectivity index is 2.61. The van der Waals surface area contributed by atoms with Gasteiger partial charge in [-0.25, -0.2) is 0 Å². The van der Waals surface area contributed by atoms with E-state index < -0.39 is 0 Å². The summed E-state index contributed by atoms with van der Waals surface area (Å²) in [4.78, 5) is 0.179. The zero-order valence-corrected chi connectivity index (χ0v) is 15.0. The monoisotopic (exact) mass is 350 g/mol. The van der Waals surface area contributed by atoms with Gasteiger partial charge in [0.05, 0.1) is 4.83 Å². The van der Waals surface area contributed by atoms with Crippen molar-refractivity contribution in [2.75, 3.05) is 0 Å². The van der Waals surface area contributed by atoms with Crippen molar-refractivity contribution in [3.63, 3.8) is 0 Å². The second kappa shape index (κ2) is 5.91. The Kier molecular flexibility index (Phi) is 4.61. The molecule has 2 aromatic carbocycles. The summed E-state index contributed by atoms with van der Waals surface area (Å²) in [6, 6.07) is 8.50. The van der Waals surface area contributed by atoms with Gasteiger partial charge in [0.2, 0.25) is 0 Å². The Morgan fingerprint density at radius 2 is 1.40 bits per heavy atom. The molecule has 0 aromatic heterocycles. The molecule has 2 heteroatoms. The van der Waals surface area contributed by atoms with Crippen LogP contribution in [0.15, 0.2) is 24.3 Å². The van der Waals surface area contributed by atoms with E-state index in [1.54, 1.807) is 0 Å². The normalized spacial score (nSPS) is 12.6. The summed E-state index contributed by atoms with van der Waals surface area (Å²) in [5, 5.41) is 0.795. The first-order chi connectivity index (χ1) is 9.31. The molecular formula is C18H20BrCl. The number of aryl methyl sites for hydroxylation is 3. The fourth-order valence-corrected chi connectivity index (χ4v) is 3.95. The summed E-state index contributed by atoms with van der Waals surface area (Å²) in [6.07, 6.45) is 0. The van der Waals surface area contributed by atoms with E-state index in [-0.39, 0.29) is 4.83 Å². The van der Waals surface area contributed by atoms with Gasteiger partial charge in [0, 0.05) is 5.02 Å². The van der Waals surface area contributed by atoms with E-state index in [2.05, 4.69) is 62.7 Å². The molecule has 106 valence electrons. The summed E-state index contributed by atoms with van der Waals surface area (Å²) in [7, 11) is 0. The van der Waals surface area contributed by atoms with Crippen molar-refractivity contribution in [1.29, 1.82) is 0 Å². The van der Waals surface area contributed by atoms with Gasteiger partial charge in [0.25, 0.3) is 0 Å². The molecule has 0 spiro atoms. The molecule has 0 aliphatic heterocycles. The second-order valence-electron chi connectivity index (χ2n) is 5.60. The number of benzene rings is 2. The lowest BCUT2D eigenvalue weighted by atomic mass is 9.90. The summed E-state index contributed by atoms with van der Waals surface area (Å²) in [5.74, 6) is 0. The lowest BCUT2D eigenvalue weighted by Crippen LogP contribution is -2.03. The Hall–Kier alpha value is -0.790. The third-order valence-electron chi connectivity index (χ3n) is 4.03. The molecule has 1 unspecified atom stereocenters. The number of halogens is 2. The van der Waals surface area contributed by atoms with E-state index in [1.165, 1.54) is 38.9 Å². The molecule has 2 aromatic rings. The average Bonchev–Trinajstić information content (AvgIpc) is 2.35. The molecule has 0 nitrogen and oxygen atoms in total. The van der Waals surface area contributed by atoms with Crippen LogP contribution in [0.25, 0.3) is 0 Å². The van der Waals surface area contributed by atoms with Gasteiger partial charge in [0.1, 0.15) is 0 Å². The first-order valence-corrected chi connectivity index (χ1v) is 8.09. The van der Waals surface area contributed by atoms with Crippen LogP contribution in [-0.4, -0.2) is 0 Å². The third-order valence-corrected chi connectivity index (χ3v) is 5.24. The zero-order valence-electron chi connectivity index (χ0n) is 12.6. The van der Waals surface area contributed by atoms with Crippen LogP contribution in [0.5, 0.6) is 0 Å². The van der Waals surface area contributed by atoms with Crippen LogP contribution in [0, 0.1) is 34.6 Å². The SMILES string of the molecule is Cc1cc(Cl)cc(C(Br)c2c(C)c(C)cc(C)c2C)c1. The molecule has 1 atom stereocenters. The van der Waals surface area contributed by atoms with E-state index in [9.17, 15) is 0 Å². The summed E-state index contributed by atoms with van der Waals surface area (Å²) >= 11 is 10.1. The minimum absolute atomic E-state index is 0.179. The molecule has 0 bridgehead atoms. The third kappa shape index (κ3) is 2.94. The highest BCUT2D eigenvalue weighted by Crippen LogP contribution is 2.38. The van der Waals surface area contributed by atoms with Crippen molar-refractivity contribution in [3.05, 3.63) is 68.2 Å². The molecule has 0 amide bonds. The molecule has 0 radical (unpaired) electrons. The molecule has 20 heavy (non-hydrogen) atoms. The van der Waals surface area contributed by atoms with Crippen LogP contribution >= 0.6 is 27.5 Å². The molecule has 0 fully saturated rings. The van der Waals surface area contributed by atoms with Gasteiger partial charge >= 0.3 is 0 Å². The number of rotatable bonds is 2. The molecule has 0 heterocycles. The Morgan fingerprint density at radius 3 is 1.90 bits per heavy atom. The maximum atomic E-state index is 6.20. The highest BCUT2D eigenvalue weighted by molar-refractivity contribution is 9.09. The van der Waals surface area contributed by atoms with E-state index in [0.717, 1.165) is 5.02 Å². The second-order valence-corrected chi connectivity index (χ2v) is 6.95. The van der Waals surface area contributed by atoms with Gasteiger partial charge in [-0.2, -0.15) is 0 Å². The van der Waals surface area contributed by atoms with Crippen LogP contribution in [0.3, 0.4) is 0 Å². The quantitative estimate of drug-likeness (QED) is 0.552. The highest BCUT2D eigenvalue weighted by atomic mass is 79.9. The van der Waals surface area contributed by atoms with Gasteiger partial charge in [-0.3, -0.25) is 0 Å². The van der Waals surface area contributed by atoms with Crippen LogP contribution in [0.4, 0.5) is 0 Å². The van der Waals surface area contributed by atoms with Crippen LogP contribution in [0.2, 0.25) is 5.02 Å². The number of alkyl halides is 1. The zero-order chi connectivity index (χ0) is 15.0. The molecule has 0 saturated heterocycles. The Labute approximate surface area is 135 Å². The highest BCUT2D eigenvalue weighted by Gasteiger charge is 2.18. The van der Waals surface area contributed by atoms with E-state index in [1.807, 2.05) is 12.1 Å². The Bertz CT molecular complexity index is 612. The Morgan fingerprint density at radius 1 is 0.850 bits per heavy atom. The van der Waals surface area contributed by atoms with Gasteiger partial charge < -0.3 is 0 Å². The van der Waals surface area contributed by atoms with E-state index in [4.69, 9.17) is 11.6 Å². The van der Waals surface area contributed by atoms with Crippen LogP contribution in [-0.2, 0) is 0 Å². The maximum Gasteiger partial charge on any atom is 0.0650 e. The lowest BCUT2D eigenvalue weighted by molar-refractivity contribution is 1.07. The topological polar surface area (TPSA) is 0 Å². The number of hydrogen-bond donors (Lipinski definition) is 0. The average molecular weight is 352 g/mol. The minimum Gasteiger partial charge on any atom is -0.0843 e. The van der Waals surface area contributed by atoms with Crippen molar-refractivity contribution in [2.24, 2.45) is 0 Å². The smallest absolute Gasteiger partial charge is 0.0650 e.